The minimum Gasteiger partial charge on any atom is -0.397 e. The third-order valence-corrected chi connectivity index (χ3v) is 3.23. The molecule has 0 fully saturated rings. The van der Waals surface area contributed by atoms with Crippen molar-refractivity contribution in [3.05, 3.63) is 52.0 Å². The summed E-state index contributed by atoms with van der Waals surface area (Å²) in [5, 5.41) is 12.0. The highest BCUT2D eigenvalue weighted by atomic mass is 79.9. The van der Waals surface area contributed by atoms with Crippen LogP contribution in [0.5, 0.6) is 0 Å². The van der Waals surface area contributed by atoms with Crippen molar-refractivity contribution in [1.29, 1.82) is 5.26 Å². The molecule has 0 unspecified atom stereocenters. The topological polar surface area (TPSA) is 61.8 Å². The minimum atomic E-state index is 0.615. The summed E-state index contributed by atoms with van der Waals surface area (Å²) in [4.78, 5) is 0. The Labute approximate surface area is 114 Å². The van der Waals surface area contributed by atoms with E-state index in [-0.39, 0.29) is 0 Å². The molecular formula is C14H12BrN3. The quantitative estimate of drug-likeness (QED) is 0.826. The van der Waals surface area contributed by atoms with Gasteiger partial charge in [-0.25, -0.2) is 0 Å². The Morgan fingerprint density at radius 2 is 1.89 bits per heavy atom. The van der Waals surface area contributed by atoms with Crippen LogP contribution < -0.4 is 11.1 Å². The number of anilines is 3. The van der Waals surface area contributed by atoms with E-state index in [0.29, 0.717) is 11.3 Å². The standard InChI is InChI=1S/C14H12BrN3/c1-9-2-4-14(12(17)6-9)18-13-5-3-10(8-16)7-11(13)15/h2-7,18H,17H2,1H3. The molecule has 0 aliphatic rings. The van der Waals surface area contributed by atoms with Gasteiger partial charge in [0.15, 0.2) is 0 Å². The number of nitrogens with zero attached hydrogens (tertiary/aromatic N) is 1. The second-order valence-corrected chi connectivity index (χ2v) is 4.88. The van der Waals surface area contributed by atoms with Crippen molar-refractivity contribution in [3.8, 4) is 6.07 Å². The van der Waals surface area contributed by atoms with E-state index in [1.165, 1.54) is 0 Å². The first kappa shape index (κ1) is 12.5. The number of benzene rings is 2. The fraction of sp³-hybridized carbons (Fsp3) is 0.0714. The van der Waals surface area contributed by atoms with Gasteiger partial charge in [0, 0.05) is 4.47 Å². The molecule has 18 heavy (non-hydrogen) atoms. The fourth-order valence-corrected chi connectivity index (χ4v) is 2.11. The van der Waals surface area contributed by atoms with Crippen molar-refractivity contribution in [2.24, 2.45) is 0 Å². The van der Waals surface area contributed by atoms with Gasteiger partial charge in [-0.05, 0) is 58.7 Å². The van der Waals surface area contributed by atoms with Gasteiger partial charge in [-0.15, -0.1) is 0 Å². The summed E-state index contributed by atoms with van der Waals surface area (Å²) in [7, 11) is 0. The lowest BCUT2D eigenvalue weighted by atomic mass is 10.1. The Morgan fingerprint density at radius 3 is 2.50 bits per heavy atom. The second kappa shape index (κ2) is 5.11. The van der Waals surface area contributed by atoms with Crippen molar-refractivity contribution < 1.29 is 0 Å². The van der Waals surface area contributed by atoms with Crippen LogP contribution in [0.3, 0.4) is 0 Å². The molecule has 3 nitrogen and oxygen atoms in total. The molecule has 90 valence electrons. The molecule has 0 heterocycles. The van der Waals surface area contributed by atoms with Crippen LogP contribution in [0.15, 0.2) is 40.9 Å². The molecule has 0 aliphatic carbocycles. The maximum absolute atomic E-state index is 8.81. The SMILES string of the molecule is Cc1ccc(Nc2ccc(C#N)cc2Br)c(N)c1. The summed E-state index contributed by atoms with van der Waals surface area (Å²) in [5.41, 5.74) is 10.1. The molecule has 2 aromatic carbocycles. The van der Waals surface area contributed by atoms with E-state index >= 15 is 0 Å². The maximum atomic E-state index is 8.81. The number of aryl methyl sites for hydroxylation is 1. The molecule has 2 aromatic rings. The number of rotatable bonds is 2. The highest BCUT2D eigenvalue weighted by molar-refractivity contribution is 9.10. The van der Waals surface area contributed by atoms with Crippen LogP contribution in [0, 0.1) is 18.3 Å². The number of nitrogen functional groups attached to an aromatic ring is 1. The third kappa shape index (κ3) is 2.63. The molecule has 0 saturated heterocycles. The van der Waals surface area contributed by atoms with Gasteiger partial charge >= 0.3 is 0 Å². The Balaban J connectivity index is 2.32. The summed E-state index contributed by atoms with van der Waals surface area (Å²) < 4.78 is 0.835. The largest absolute Gasteiger partial charge is 0.397 e. The van der Waals surface area contributed by atoms with Gasteiger partial charge in [-0.1, -0.05) is 6.07 Å². The lowest BCUT2D eigenvalue weighted by Gasteiger charge is -2.11. The lowest BCUT2D eigenvalue weighted by molar-refractivity contribution is 1.44. The first-order chi connectivity index (χ1) is 8.60. The van der Waals surface area contributed by atoms with Crippen molar-refractivity contribution in [2.75, 3.05) is 11.1 Å². The molecule has 0 spiro atoms. The van der Waals surface area contributed by atoms with Crippen LogP contribution >= 0.6 is 15.9 Å². The molecule has 0 atom stereocenters. The summed E-state index contributed by atoms with van der Waals surface area (Å²) in [6.07, 6.45) is 0. The highest BCUT2D eigenvalue weighted by Crippen LogP contribution is 2.29. The summed E-state index contributed by atoms with van der Waals surface area (Å²) in [6, 6.07) is 13.3. The van der Waals surface area contributed by atoms with Gasteiger partial charge in [0.2, 0.25) is 0 Å². The van der Waals surface area contributed by atoms with E-state index < -0.39 is 0 Å². The number of nitrogens with one attached hydrogen (secondary N) is 1. The Kier molecular flexibility index (Phi) is 3.54. The first-order valence-electron chi connectivity index (χ1n) is 5.43. The molecule has 0 saturated carbocycles. The van der Waals surface area contributed by atoms with Crippen LogP contribution in [0.1, 0.15) is 11.1 Å². The Bertz CT molecular complexity index is 629. The molecule has 0 radical (unpaired) electrons. The first-order valence-corrected chi connectivity index (χ1v) is 6.22. The highest BCUT2D eigenvalue weighted by Gasteiger charge is 2.04. The lowest BCUT2D eigenvalue weighted by Crippen LogP contribution is -1.97. The van der Waals surface area contributed by atoms with Crippen molar-refractivity contribution in [3.63, 3.8) is 0 Å². The number of hydrogen-bond donors (Lipinski definition) is 2. The number of nitrogens with two attached hydrogens (primary N) is 1. The maximum Gasteiger partial charge on any atom is 0.0992 e. The average molecular weight is 302 g/mol. The van der Waals surface area contributed by atoms with Crippen LogP contribution in [0.2, 0.25) is 0 Å². The monoisotopic (exact) mass is 301 g/mol. The van der Waals surface area contributed by atoms with Crippen LogP contribution in [-0.4, -0.2) is 0 Å². The van der Waals surface area contributed by atoms with Crippen LogP contribution in [0.25, 0.3) is 0 Å². The molecule has 0 amide bonds. The average Bonchev–Trinajstić information content (AvgIpc) is 2.34. The smallest absolute Gasteiger partial charge is 0.0992 e. The molecular weight excluding hydrogens is 290 g/mol. The van der Waals surface area contributed by atoms with E-state index in [1.807, 2.05) is 31.2 Å². The van der Waals surface area contributed by atoms with E-state index in [2.05, 4.69) is 27.3 Å². The second-order valence-electron chi connectivity index (χ2n) is 4.02. The summed E-state index contributed by atoms with van der Waals surface area (Å²) in [5.74, 6) is 0. The van der Waals surface area contributed by atoms with E-state index in [4.69, 9.17) is 11.0 Å². The van der Waals surface area contributed by atoms with Gasteiger partial charge in [0.05, 0.1) is 28.7 Å². The predicted octanol–water partition coefficient (Wildman–Crippen LogP) is 3.96. The van der Waals surface area contributed by atoms with E-state index in [9.17, 15) is 0 Å². The molecule has 2 rings (SSSR count). The normalized spacial score (nSPS) is 9.83. The zero-order chi connectivity index (χ0) is 13.1. The number of nitriles is 1. The molecule has 0 aliphatic heterocycles. The summed E-state index contributed by atoms with van der Waals surface area (Å²) >= 11 is 3.43. The van der Waals surface area contributed by atoms with E-state index in [1.54, 1.807) is 12.1 Å². The van der Waals surface area contributed by atoms with Gasteiger partial charge in [-0.3, -0.25) is 0 Å². The minimum absolute atomic E-state index is 0.615. The third-order valence-electron chi connectivity index (χ3n) is 2.57. The van der Waals surface area contributed by atoms with Gasteiger partial charge in [0.1, 0.15) is 0 Å². The van der Waals surface area contributed by atoms with Crippen LogP contribution in [0.4, 0.5) is 17.1 Å². The molecule has 0 bridgehead atoms. The van der Waals surface area contributed by atoms with Crippen LogP contribution in [-0.2, 0) is 0 Å². The van der Waals surface area contributed by atoms with Gasteiger partial charge in [0.25, 0.3) is 0 Å². The van der Waals surface area contributed by atoms with Crippen molar-refractivity contribution >= 4 is 33.0 Å². The summed E-state index contributed by atoms with van der Waals surface area (Å²) in [6.45, 7) is 2.00. The predicted molar refractivity (Wildman–Crippen MR) is 77.7 cm³/mol. The number of halogens is 1. The Morgan fingerprint density at radius 1 is 1.17 bits per heavy atom. The van der Waals surface area contributed by atoms with E-state index in [0.717, 1.165) is 21.4 Å². The van der Waals surface area contributed by atoms with Crippen molar-refractivity contribution in [1.82, 2.24) is 0 Å². The zero-order valence-corrected chi connectivity index (χ0v) is 11.5. The van der Waals surface area contributed by atoms with Crippen molar-refractivity contribution in [2.45, 2.75) is 6.92 Å². The van der Waals surface area contributed by atoms with Gasteiger partial charge < -0.3 is 11.1 Å². The molecule has 0 aromatic heterocycles. The van der Waals surface area contributed by atoms with Gasteiger partial charge in [-0.2, -0.15) is 5.26 Å². The Hall–Kier alpha value is -1.99. The molecule has 4 heteroatoms. The molecule has 3 N–H and O–H groups in total. The zero-order valence-electron chi connectivity index (χ0n) is 9.87. The fourth-order valence-electron chi connectivity index (χ4n) is 1.63. The number of hydrogen-bond acceptors (Lipinski definition) is 3.